The van der Waals surface area contributed by atoms with Gasteiger partial charge in [-0.2, -0.15) is 0 Å². The summed E-state index contributed by atoms with van der Waals surface area (Å²) in [6.45, 7) is 0. The van der Waals surface area contributed by atoms with Gasteiger partial charge in [-0.1, -0.05) is 41.9 Å². The summed E-state index contributed by atoms with van der Waals surface area (Å²) in [5, 5.41) is 14.7. The lowest BCUT2D eigenvalue weighted by atomic mass is 10.1. The van der Waals surface area contributed by atoms with Crippen LogP contribution in [0.3, 0.4) is 0 Å². The molecule has 11 heteroatoms. The highest BCUT2D eigenvalue weighted by Crippen LogP contribution is 2.30. The quantitative estimate of drug-likeness (QED) is 0.407. The zero-order chi connectivity index (χ0) is 19.9. The highest BCUT2D eigenvalue weighted by atomic mass is 35.5. The first kappa shape index (κ1) is 19.0. The number of amides is 1. The summed E-state index contributed by atoms with van der Waals surface area (Å²) >= 11 is 5.78. The molecule has 0 radical (unpaired) electrons. The van der Waals surface area contributed by atoms with E-state index in [4.69, 9.17) is 11.6 Å². The molecule has 2 heterocycles. The van der Waals surface area contributed by atoms with Gasteiger partial charge in [-0.3, -0.25) is 25.8 Å². The van der Waals surface area contributed by atoms with Gasteiger partial charge in [0, 0.05) is 6.20 Å². The molecule has 0 saturated heterocycles. The van der Waals surface area contributed by atoms with E-state index in [9.17, 15) is 14.9 Å². The number of nitro groups is 1. The minimum absolute atomic E-state index is 0.0883. The van der Waals surface area contributed by atoms with Gasteiger partial charge in [0.05, 0.1) is 16.4 Å². The number of hydrazine groups is 1. The third kappa shape index (κ3) is 4.89. The largest absolute Gasteiger partial charge is 0.355 e. The van der Waals surface area contributed by atoms with Crippen molar-refractivity contribution in [2.75, 3.05) is 10.7 Å². The van der Waals surface area contributed by atoms with Crippen molar-refractivity contribution in [3.05, 3.63) is 75.7 Å². The lowest BCUT2D eigenvalue weighted by molar-refractivity contribution is -0.383. The lowest BCUT2D eigenvalue weighted by Crippen LogP contribution is -2.31. The fraction of sp³-hybridized carbons (Fsp3) is 0.0588. The van der Waals surface area contributed by atoms with Crippen LogP contribution in [0.5, 0.6) is 0 Å². The van der Waals surface area contributed by atoms with Gasteiger partial charge >= 0.3 is 5.69 Å². The summed E-state index contributed by atoms with van der Waals surface area (Å²) in [6.07, 6.45) is 2.61. The summed E-state index contributed by atoms with van der Waals surface area (Å²) in [4.78, 5) is 34.6. The fourth-order valence-corrected chi connectivity index (χ4v) is 2.37. The van der Waals surface area contributed by atoms with E-state index in [2.05, 4.69) is 31.1 Å². The molecular weight excluding hydrogens is 386 g/mol. The van der Waals surface area contributed by atoms with Crippen LogP contribution in [0.15, 0.2) is 55.0 Å². The van der Waals surface area contributed by atoms with E-state index in [1.165, 1.54) is 6.20 Å². The van der Waals surface area contributed by atoms with Crippen LogP contribution in [0.2, 0.25) is 5.02 Å². The standard InChI is InChI=1S/C17H14ClN7O3/c18-12-6-7-13(19-9-12)22-16-15(25(27)28)17(21-10-20-16)24-23-14(26)8-11-4-2-1-3-5-11/h1-7,9-10H,8H2,(H,23,26)(H2,19,20,21,22,24). The zero-order valence-electron chi connectivity index (χ0n) is 14.3. The number of halogens is 1. The first-order chi connectivity index (χ1) is 13.5. The van der Waals surface area contributed by atoms with E-state index < -0.39 is 10.6 Å². The Morgan fingerprint density at radius 2 is 1.82 bits per heavy atom. The number of carbonyl (C=O) groups excluding carboxylic acids is 1. The summed E-state index contributed by atoms with van der Waals surface area (Å²) in [5.41, 5.74) is 5.23. The minimum atomic E-state index is -0.663. The molecule has 0 atom stereocenters. The predicted octanol–water partition coefficient (Wildman–Crippen LogP) is 2.86. The Balaban J connectivity index is 1.74. The number of nitrogens with one attached hydrogen (secondary N) is 3. The van der Waals surface area contributed by atoms with E-state index in [0.717, 1.165) is 11.9 Å². The van der Waals surface area contributed by atoms with Crippen molar-refractivity contribution in [2.45, 2.75) is 6.42 Å². The maximum atomic E-state index is 12.0. The summed E-state index contributed by atoms with van der Waals surface area (Å²) in [7, 11) is 0. The van der Waals surface area contributed by atoms with Crippen molar-refractivity contribution in [3.8, 4) is 0 Å². The molecule has 1 amide bonds. The zero-order valence-corrected chi connectivity index (χ0v) is 15.1. The smallest absolute Gasteiger partial charge is 0.319 e. The van der Waals surface area contributed by atoms with Gasteiger partial charge in [0.2, 0.25) is 17.5 Å². The Hall–Kier alpha value is -3.79. The van der Waals surface area contributed by atoms with Gasteiger partial charge in [0.25, 0.3) is 0 Å². The number of hydrogen-bond donors (Lipinski definition) is 3. The molecule has 0 bridgehead atoms. The molecule has 3 rings (SSSR count). The van der Waals surface area contributed by atoms with Crippen molar-refractivity contribution in [1.29, 1.82) is 0 Å². The number of aromatic nitrogens is 3. The number of anilines is 3. The number of benzene rings is 1. The molecule has 0 aliphatic carbocycles. The molecule has 3 aromatic rings. The highest BCUT2D eigenvalue weighted by Gasteiger charge is 2.23. The van der Waals surface area contributed by atoms with Crippen LogP contribution in [0.25, 0.3) is 0 Å². The van der Waals surface area contributed by atoms with Gasteiger partial charge in [-0.25, -0.2) is 15.0 Å². The van der Waals surface area contributed by atoms with E-state index in [-0.39, 0.29) is 24.0 Å². The van der Waals surface area contributed by atoms with Crippen LogP contribution in [-0.2, 0) is 11.2 Å². The van der Waals surface area contributed by atoms with Gasteiger partial charge in [0.1, 0.15) is 12.1 Å². The average Bonchev–Trinajstić information content (AvgIpc) is 2.69. The highest BCUT2D eigenvalue weighted by molar-refractivity contribution is 6.30. The number of hydrogen-bond acceptors (Lipinski definition) is 8. The lowest BCUT2D eigenvalue weighted by Gasteiger charge is -2.10. The van der Waals surface area contributed by atoms with E-state index >= 15 is 0 Å². The SMILES string of the molecule is O=C(Cc1ccccc1)NNc1ncnc(Nc2ccc(Cl)cn2)c1[N+](=O)[O-]. The fourth-order valence-electron chi connectivity index (χ4n) is 2.26. The van der Waals surface area contributed by atoms with Gasteiger partial charge < -0.3 is 5.32 Å². The van der Waals surface area contributed by atoms with Crippen LogP contribution < -0.4 is 16.2 Å². The molecule has 28 heavy (non-hydrogen) atoms. The van der Waals surface area contributed by atoms with Gasteiger partial charge in [-0.05, 0) is 17.7 Å². The van der Waals surface area contributed by atoms with Crippen LogP contribution in [0, 0.1) is 10.1 Å². The van der Waals surface area contributed by atoms with Crippen molar-refractivity contribution < 1.29 is 9.72 Å². The summed E-state index contributed by atoms with van der Waals surface area (Å²) < 4.78 is 0. The molecule has 3 N–H and O–H groups in total. The Morgan fingerprint density at radius 3 is 2.50 bits per heavy atom. The average molecular weight is 400 g/mol. The van der Waals surface area contributed by atoms with E-state index in [0.29, 0.717) is 10.8 Å². The minimum Gasteiger partial charge on any atom is -0.319 e. The maximum Gasteiger partial charge on any atom is 0.355 e. The monoisotopic (exact) mass is 399 g/mol. The van der Waals surface area contributed by atoms with Crippen molar-refractivity contribution in [1.82, 2.24) is 20.4 Å². The molecule has 2 aromatic heterocycles. The number of carbonyl (C=O) groups is 1. The van der Waals surface area contributed by atoms with Crippen LogP contribution >= 0.6 is 11.6 Å². The van der Waals surface area contributed by atoms with Crippen LogP contribution in [0.1, 0.15) is 5.56 Å². The summed E-state index contributed by atoms with van der Waals surface area (Å²) in [6, 6.07) is 12.2. The van der Waals surface area contributed by atoms with Gasteiger partial charge in [0.15, 0.2) is 0 Å². The molecule has 0 spiro atoms. The Bertz CT molecular complexity index is 984. The van der Waals surface area contributed by atoms with Crippen LogP contribution in [0.4, 0.5) is 23.1 Å². The Kier molecular flexibility index (Phi) is 5.92. The molecule has 0 aliphatic heterocycles. The molecule has 142 valence electrons. The van der Waals surface area contributed by atoms with E-state index in [1.54, 1.807) is 24.3 Å². The van der Waals surface area contributed by atoms with Crippen molar-refractivity contribution in [2.24, 2.45) is 0 Å². The second-order valence-corrected chi connectivity index (χ2v) is 5.94. The molecule has 1 aromatic carbocycles. The number of pyridine rings is 1. The third-order valence-electron chi connectivity index (χ3n) is 3.51. The molecule has 0 fully saturated rings. The molecule has 0 unspecified atom stereocenters. The summed E-state index contributed by atoms with van der Waals surface area (Å²) in [5.74, 6) is -0.328. The van der Waals surface area contributed by atoms with Crippen LogP contribution in [-0.4, -0.2) is 25.8 Å². The molecular formula is C17H14ClN7O3. The predicted molar refractivity (Wildman–Crippen MR) is 103 cm³/mol. The third-order valence-corrected chi connectivity index (χ3v) is 3.73. The second kappa shape index (κ2) is 8.73. The Labute approximate surface area is 164 Å². The topological polar surface area (TPSA) is 135 Å². The normalized spacial score (nSPS) is 10.2. The number of rotatable bonds is 7. The first-order valence-corrected chi connectivity index (χ1v) is 8.37. The number of nitrogens with zero attached hydrogens (tertiary/aromatic N) is 4. The van der Waals surface area contributed by atoms with E-state index in [1.807, 2.05) is 18.2 Å². The van der Waals surface area contributed by atoms with Gasteiger partial charge in [-0.15, -0.1) is 0 Å². The maximum absolute atomic E-state index is 12.0. The Morgan fingerprint density at radius 1 is 1.07 bits per heavy atom. The van der Waals surface area contributed by atoms with Crippen molar-refractivity contribution >= 4 is 40.6 Å². The molecule has 10 nitrogen and oxygen atoms in total. The molecule has 0 saturated carbocycles. The first-order valence-electron chi connectivity index (χ1n) is 7.99. The van der Waals surface area contributed by atoms with Crippen molar-refractivity contribution in [3.63, 3.8) is 0 Å². The second-order valence-electron chi connectivity index (χ2n) is 5.50. The molecule has 0 aliphatic rings.